The number of amides is 1. The molecule has 5 heterocycles. The van der Waals surface area contributed by atoms with Crippen molar-refractivity contribution in [1.82, 2.24) is 19.9 Å². The number of nitriles is 1. The van der Waals surface area contributed by atoms with Gasteiger partial charge in [-0.05, 0) is 12.1 Å². The maximum atomic E-state index is 12.2. The molecule has 1 amide bonds. The number of nitrogens with one attached hydrogen (secondary N) is 1. The van der Waals surface area contributed by atoms with Gasteiger partial charge >= 0.3 is 6.09 Å². The van der Waals surface area contributed by atoms with Gasteiger partial charge < -0.3 is 24.3 Å². The van der Waals surface area contributed by atoms with Gasteiger partial charge in [-0.2, -0.15) is 5.26 Å². The van der Waals surface area contributed by atoms with Crippen LogP contribution in [0, 0.1) is 11.3 Å². The number of aromatic amines is 1. The summed E-state index contributed by atoms with van der Waals surface area (Å²) in [7, 11) is 0. The summed E-state index contributed by atoms with van der Waals surface area (Å²) in [6, 6.07) is 6.10. The van der Waals surface area contributed by atoms with Crippen LogP contribution in [-0.4, -0.2) is 71.4 Å². The molecule has 0 spiro atoms. The number of aromatic nitrogens is 3. The normalized spacial score (nSPS) is 17.2. The Morgan fingerprint density at radius 3 is 2.83 bits per heavy atom. The Hall–Kier alpha value is -3.16. The quantitative estimate of drug-likeness (QED) is 0.705. The van der Waals surface area contributed by atoms with E-state index in [4.69, 9.17) is 14.7 Å². The number of piperazine rings is 1. The van der Waals surface area contributed by atoms with E-state index in [1.807, 2.05) is 12.1 Å². The Morgan fingerprint density at radius 2 is 2.14 bits per heavy atom. The number of anilines is 1. The first kappa shape index (κ1) is 17.9. The molecule has 0 atom stereocenters. The van der Waals surface area contributed by atoms with Crippen molar-refractivity contribution in [3.63, 3.8) is 0 Å². The molecule has 0 unspecified atom stereocenters. The van der Waals surface area contributed by atoms with Crippen molar-refractivity contribution in [3.05, 3.63) is 29.5 Å². The zero-order chi connectivity index (χ0) is 19.8. The number of thiazole rings is 1. The fourth-order valence-corrected chi connectivity index (χ4v) is 4.19. The standard InChI is InChI=1S/C19H18N6O3S/c20-8-17-22-9-16(29-17)14-7-13-15(1-2-21-18(13)23-14)24-3-5-25(6-4-24)19(26)28-12-10-27-11-12/h1-2,7,9,12H,3-6,10-11H2,(H,21,23). The van der Waals surface area contributed by atoms with Crippen LogP contribution in [0.2, 0.25) is 0 Å². The molecule has 10 heteroatoms. The van der Waals surface area contributed by atoms with Gasteiger partial charge in [-0.3, -0.25) is 0 Å². The smallest absolute Gasteiger partial charge is 0.410 e. The van der Waals surface area contributed by atoms with Gasteiger partial charge in [0.25, 0.3) is 0 Å². The predicted octanol–water partition coefficient (Wildman–Crippen LogP) is 2.22. The predicted molar refractivity (Wildman–Crippen MR) is 107 cm³/mol. The monoisotopic (exact) mass is 410 g/mol. The maximum absolute atomic E-state index is 12.2. The van der Waals surface area contributed by atoms with E-state index < -0.39 is 0 Å². The van der Waals surface area contributed by atoms with Gasteiger partial charge in [0.1, 0.15) is 11.7 Å². The van der Waals surface area contributed by atoms with E-state index in [0.29, 0.717) is 31.3 Å². The molecule has 0 bridgehead atoms. The number of carbonyl (C=O) groups excluding carboxylic acids is 1. The summed E-state index contributed by atoms with van der Waals surface area (Å²) in [5, 5.41) is 10.4. The van der Waals surface area contributed by atoms with Crippen LogP contribution in [0.25, 0.3) is 21.6 Å². The first-order valence-corrected chi connectivity index (χ1v) is 10.1. The van der Waals surface area contributed by atoms with Crippen molar-refractivity contribution in [3.8, 4) is 16.6 Å². The van der Waals surface area contributed by atoms with Crippen LogP contribution in [0.5, 0.6) is 0 Å². The number of rotatable bonds is 3. The molecule has 29 heavy (non-hydrogen) atoms. The van der Waals surface area contributed by atoms with E-state index >= 15 is 0 Å². The van der Waals surface area contributed by atoms with Gasteiger partial charge in [-0.15, -0.1) is 11.3 Å². The van der Waals surface area contributed by atoms with Crippen molar-refractivity contribution in [1.29, 1.82) is 5.26 Å². The summed E-state index contributed by atoms with van der Waals surface area (Å²) in [6.45, 7) is 3.63. The van der Waals surface area contributed by atoms with E-state index in [2.05, 4.69) is 25.9 Å². The third-order valence-electron chi connectivity index (χ3n) is 5.13. The molecular weight excluding hydrogens is 392 g/mol. The summed E-state index contributed by atoms with van der Waals surface area (Å²) >= 11 is 1.35. The average molecular weight is 410 g/mol. The number of pyridine rings is 1. The second kappa shape index (κ2) is 7.35. The zero-order valence-electron chi connectivity index (χ0n) is 15.5. The minimum Gasteiger partial charge on any atom is -0.441 e. The van der Waals surface area contributed by atoms with Crippen LogP contribution in [0.3, 0.4) is 0 Å². The molecule has 3 aromatic heterocycles. The lowest BCUT2D eigenvalue weighted by molar-refractivity contribution is -0.104. The first-order valence-electron chi connectivity index (χ1n) is 9.33. The number of carbonyl (C=O) groups is 1. The van der Waals surface area contributed by atoms with E-state index in [0.717, 1.165) is 40.4 Å². The van der Waals surface area contributed by atoms with Crippen LogP contribution in [-0.2, 0) is 9.47 Å². The Bertz CT molecular complexity index is 1090. The summed E-state index contributed by atoms with van der Waals surface area (Å²) in [5.41, 5.74) is 2.75. The summed E-state index contributed by atoms with van der Waals surface area (Å²) < 4.78 is 10.4. The Labute approximate surface area is 170 Å². The average Bonchev–Trinajstić information content (AvgIpc) is 3.37. The second-order valence-corrected chi connectivity index (χ2v) is 7.96. The van der Waals surface area contributed by atoms with Crippen molar-refractivity contribution in [2.45, 2.75) is 6.10 Å². The Kier molecular flexibility index (Phi) is 4.54. The van der Waals surface area contributed by atoms with Crippen LogP contribution in [0.1, 0.15) is 5.01 Å². The summed E-state index contributed by atoms with van der Waals surface area (Å²) in [5.74, 6) is 0. The molecule has 148 valence electrons. The van der Waals surface area contributed by atoms with E-state index in [1.165, 1.54) is 11.3 Å². The van der Waals surface area contributed by atoms with Gasteiger partial charge in [0, 0.05) is 49.6 Å². The van der Waals surface area contributed by atoms with Crippen molar-refractivity contribution in [2.75, 3.05) is 44.3 Å². The van der Waals surface area contributed by atoms with Crippen LogP contribution < -0.4 is 4.90 Å². The number of H-pyrrole nitrogens is 1. The molecular formula is C19H18N6O3S. The minimum absolute atomic E-state index is 0.105. The van der Waals surface area contributed by atoms with Gasteiger partial charge in [0.15, 0.2) is 11.1 Å². The van der Waals surface area contributed by atoms with E-state index in [-0.39, 0.29) is 12.2 Å². The number of fused-ring (bicyclic) bond motifs is 1. The Balaban J connectivity index is 1.33. The molecule has 1 N–H and O–H groups in total. The number of ether oxygens (including phenoxy) is 2. The zero-order valence-corrected chi connectivity index (χ0v) is 16.3. The molecule has 2 aliphatic heterocycles. The molecule has 0 saturated carbocycles. The molecule has 3 aromatic rings. The third-order valence-corrected chi connectivity index (χ3v) is 6.06. The van der Waals surface area contributed by atoms with E-state index in [9.17, 15) is 4.79 Å². The second-order valence-electron chi connectivity index (χ2n) is 6.93. The van der Waals surface area contributed by atoms with Gasteiger partial charge in [0.05, 0.1) is 23.8 Å². The summed E-state index contributed by atoms with van der Waals surface area (Å²) in [4.78, 5) is 29.0. The van der Waals surface area contributed by atoms with Gasteiger partial charge in [-0.25, -0.2) is 14.8 Å². The van der Waals surface area contributed by atoms with Gasteiger partial charge in [0.2, 0.25) is 0 Å². The number of nitrogens with zero attached hydrogens (tertiary/aromatic N) is 5. The molecule has 2 aliphatic rings. The lowest BCUT2D eigenvalue weighted by atomic mass is 10.2. The molecule has 2 saturated heterocycles. The van der Waals surface area contributed by atoms with Gasteiger partial charge in [-0.1, -0.05) is 0 Å². The Morgan fingerprint density at radius 1 is 1.31 bits per heavy atom. The van der Waals surface area contributed by atoms with Crippen LogP contribution >= 0.6 is 11.3 Å². The lowest BCUT2D eigenvalue weighted by Gasteiger charge is -2.37. The first-order chi connectivity index (χ1) is 14.2. The number of hydrogen-bond acceptors (Lipinski definition) is 8. The molecule has 0 radical (unpaired) electrons. The highest BCUT2D eigenvalue weighted by Gasteiger charge is 2.28. The van der Waals surface area contributed by atoms with Crippen molar-refractivity contribution in [2.24, 2.45) is 0 Å². The largest absolute Gasteiger partial charge is 0.441 e. The topological polar surface area (TPSA) is 107 Å². The molecule has 0 aliphatic carbocycles. The summed E-state index contributed by atoms with van der Waals surface area (Å²) in [6.07, 6.45) is 3.11. The highest BCUT2D eigenvalue weighted by molar-refractivity contribution is 7.15. The fourth-order valence-electron chi connectivity index (χ4n) is 3.50. The lowest BCUT2D eigenvalue weighted by Crippen LogP contribution is -2.51. The minimum atomic E-state index is -0.264. The highest BCUT2D eigenvalue weighted by atomic mass is 32.1. The molecule has 5 rings (SSSR count). The maximum Gasteiger partial charge on any atom is 0.410 e. The molecule has 9 nitrogen and oxygen atoms in total. The highest BCUT2D eigenvalue weighted by Crippen LogP contribution is 2.32. The van der Waals surface area contributed by atoms with E-state index in [1.54, 1.807) is 17.3 Å². The fraction of sp³-hybridized carbons (Fsp3) is 0.368. The molecule has 0 aromatic carbocycles. The SMILES string of the molecule is N#Cc1ncc(-c2cc3c(N4CCN(C(=O)OC5COC5)CC4)ccnc3[nH]2)s1. The van der Waals surface area contributed by atoms with Crippen LogP contribution in [0.15, 0.2) is 24.5 Å². The third kappa shape index (κ3) is 3.39. The van der Waals surface area contributed by atoms with Crippen molar-refractivity contribution < 1.29 is 14.3 Å². The number of hydrogen-bond donors (Lipinski definition) is 1. The van der Waals surface area contributed by atoms with Crippen molar-refractivity contribution >= 4 is 34.2 Å². The molecule has 2 fully saturated rings. The van der Waals surface area contributed by atoms with Crippen LogP contribution in [0.4, 0.5) is 10.5 Å².